The molecule has 0 unspecified atom stereocenters. The minimum Gasteiger partial charge on any atom is -0.488 e. The maximum atomic E-state index is 12.8. The van der Waals surface area contributed by atoms with E-state index < -0.39 is 12.0 Å². The van der Waals surface area contributed by atoms with E-state index in [4.69, 9.17) is 17.0 Å². The quantitative estimate of drug-likeness (QED) is 0.539. The molecule has 0 radical (unpaired) electrons. The van der Waals surface area contributed by atoms with Gasteiger partial charge in [-0.3, -0.25) is 9.59 Å². The number of fused-ring (bicyclic) bond motifs is 2. The molecule has 1 heterocycles. The van der Waals surface area contributed by atoms with Gasteiger partial charge < -0.3 is 20.1 Å². The number of carbonyl (C=O) groups excluding carboxylic acids is 3. The number of rotatable bonds is 6. The smallest absolute Gasteiger partial charge is 0.327 e. The summed E-state index contributed by atoms with van der Waals surface area (Å²) in [6.45, 7) is 1.99. The van der Waals surface area contributed by atoms with Gasteiger partial charge in [0.05, 0.1) is 30.6 Å². The molecule has 156 valence electrons. The van der Waals surface area contributed by atoms with Crippen LogP contribution in [0.2, 0.25) is 0 Å². The first kappa shape index (κ1) is 21.4. The molecule has 2 aromatic carbocycles. The van der Waals surface area contributed by atoms with E-state index in [1.165, 1.54) is 7.11 Å². The number of benzene rings is 2. The van der Waals surface area contributed by atoms with Gasteiger partial charge in [-0.2, -0.15) is 0 Å². The van der Waals surface area contributed by atoms with Crippen LogP contribution in [0, 0.1) is 0 Å². The van der Waals surface area contributed by atoms with Gasteiger partial charge in [-0.05, 0) is 24.6 Å². The van der Waals surface area contributed by atoms with Crippen LogP contribution in [-0.4, -0.2) is 42.3 Å². The standard InChI is InChI=1S/C22H22N2O5S/c1-13(22(27)28-2)24-20(30)11-23-19(25)10-14-7-8-16-15(9-14)12-29-18-6-4-3-5-17(18)21(16)26/h3-9,13H,10-12H2,1-2H3,(H,23,25)(H,24,30)/t13-/m0/s1. The summed E-state index contributed by atoms with van der Waals surface area (Å²) < 4.78 is 10.4. The van der Waals surface area contributed by atoms with Crippen LogP contribution in [-0.2, 0) is 27.4 Å². The fourth-order valence-electron chi connectivity index (χ4n) is 3.13. The molecule has 1 aliphatic heterocycles. The third kappa shape index (κ3) is 5.01. The molecule has 0 bridgehead atoms. The summed E-state index contributed by atoms with van der Waals surface area (Å²) in [5, 5.41) is 5.51. The van der Waals surface area contributed by atoms with E-state index >= 15 is 0 Å². The van der Waals surface area contributed by atoms with Crippen LogP contribution in [0.1, 0.15) is 34.0 Å². The van der Waals surface area contributed by atoms with Gasteiger partial charge in [0, 0.05) is 11.1 Å². The molecule has 2 aromatic rings. The van der Waals surface area contributed by atoms with Gasteiger partial charge in [-0.25, -0.2) is 4.79 Å². The summed E-state index contributed by atoms with van der Waals surface area (Å²) in [6.07, 6.45) is 0.129. The highest BCUT2D eigenvalue weighted by Gasteiger charge is 2.22. The molecule has 7 nitrogen and oxygen atoms in total. The summed E-state index contributed by atoms with van der Waals surface area (Å²) in [5.41, 5.74) is 2.61. The molecule has 0 saturated heterocycles. The first-order valence-corrected chi connectivity index (χ1v) is 9.82. The number of ether oxygens (including phenoxy) is 2. The number of methoxy groups -OCH3 is 1. The topological polar surface area (TPSA) is 93.7 Å². The maximum absolute atomic E-state index is 12.8. The molecule has 0 saturated carbocycles. The predicted molar refractivity (Wildman–Crippen MR) is 115 cm³/mol. The zero-order valence-corrected chi connectivity index (χ0v) is 17.5. The van der Waals surface area contributed by atoms with E-state index in [1.807, 2.05) is 12.1 Å². The Morgan fingerprint density at radius 1 is 1.20 bits per heavy atom. The van der Waals surface area contributed by atoms with E-state index in [-0.39, 0.29) is 31.3 Å². The molecule has 0 aromatic heterocycles. The van der Waals surface area contributed by atoms with Crippen molar-refractivity contribution in [3.63, 3.8) is 0 Å². The monoisotopic (exact) mass is 426 g/mol. The molecule has 0 aliphatic carbocycles. The van der Waals surface area contributed by atoms with Crippen molar-refractivity contribution in [1.29, 1.82) is 0 Å². The van der Waals surface area contributed by atoms with Crippen LogP contribution < -0.4 is 15.4 Å². The maximum Gasteiger partial charge on any atom is 0.327 e. The summed E-state index contributed by atoms with van der Waals surface area (Å²) in [5.74, 6) is -0.202. The number of nitrogens with one attached hydrogen (secondary N) is 2. The summed E-state index contributed by atoms with van der Waals surface area (Å²) in [4.78, 5) is 36.8. The van der Waals surface area contributed by atoms with Crippen molar-refractivity contribution in [3.05, 3.63) is 64.7 Å². The highest BCUT2D eigenvalue weighted by atomic mass is 32.1. The van der Waals surface area contributed by atoms with Gasteiger partial charge in [0.25, 0.3) is 0 Å². The molecule has 0 spiro atoms. The van der Waals surface area contributed by atoms with Crippen molar-refractivity contribution in [3.8, 4) is 5.75 Å². The number of carbonyl (C=O) groups is 3. The van der Waals surface area contributed by atoms with Crippen molar-refractivity contribution in [2.75, 3.05) is 13.7 Å². The Balaban J connectivity index is 1.59. The highest BCUT2D eigenvalue weighted by Crippen LogP contribution is 2.28. The highest BCUT2D eigenvalue weighted by molar-refractivity contribution is 7.80. The first-order valence-electron chi connectivity index (χ1n) is 9.41. The SMILES string of the molecule is COC(=O)[C@H](C)NC(=S)CNC(=O)Cc1ccc2c(c1)COc1ccccc1C2=O. The predicted octanol–water partition coefficient (Wildman–Crippen LogP) is 1.95. The molecule has 1 atom stereocenters. The normalized spacial score (nSPS) is 13.1. The van der Waals surface area contributed by atoms with E-state index in [0.717, 1.165) is 11.1 Å². The average molecular weight is 426 g/mol. The Bertz CT molecular complexity index is 1000. The summed E-state index contributed by atoms with van der Waals surface area (Å²) in [6, 6.07) is 11.9. The van der Waals surface area contributed by atoms with Gasteiger partial charge >= 0.3 is 5.97 Å². The number of esters is 1. The van der Waals surface area contributed by atoms with Crippen molar-refractivity contribution >= 4 is 34.9 Å². The number of hydrogen-bond acceptors (Lipinski definition) is 6. The second-order valence-corrected chi connectivity index (χ2v) is 7.36. The van der Waals surface area contributed by atoms with E-state index in [2.05, 4.69) is 15.4 Å². The van der Waals surface area contributed by atoms with E-state index in [0.29, 0.717) is 21.9 Å². The zero-order chi connectivity index (χ0) is 21.7. The van der Waals surface area contributed by atoms with Crippen LogP contribution in [0.25, 0.3) is 0 Å². The molecular formula is C22H22N2O5S. The van der Waals surface area contributed by atoms with Crippen molar-refractivity contribution < 1.29 is 23.9 Å². The fourth-order valence-corrected chi connectivity index (χ4v) is 3.38. The number of para-hydroxylation sites is 1. The summed E-state index contributed by atoms with van der Waals surface area (Å²) >= 11 is 5.14. The lowest BCUT2D eigenvalue weighted by Crippen LogP contribution is -2.43. The van der Waals surface area contributed by atoms with Gasteiger partial charge in [-0.1, -0.05) is 42.5 Å². The Kier molecular flexibility index (Phi) is 6.79. The van der Waals surface area contributed by atoms with E-state index in [9.17, 15) is 14.4 Å². The summed E-state index contributed by atoms with van der Waals surface area (Å²) in [7, 11) is 1.29. The number of hydrogen-bond donors (Lipinski definition) is 2. The molecule has 3 rings (SSSR count). The molecule has 8 heteroatoms. The van der Waals surface area contributed by atoms with E-state index in [1.54, 1.807) is 37.3 Å². The second-order valence-electron chi connectivity index (χ2n) is 6.87. The van der Waals surface area contributed by atoms with Crippen LogP contribution in [0.5, 0.6) is 5.75 Å². The van der Waals surface area contributed by atoms with Crippen molar-refractivity contribution in [2.24, 2.45) is 0 Å². The molecule has 2 N–H and O–H groups in total. The van der Waals surface area contributed by atoms with Crippen LogP contribution in [0.3, 0.4) is 0 Å². The number of amides is 1. The minimum atomic E-state index is -0.592. The lowest BCUT2D eigenvalue weighted by molar-refractivity contribution is -0.142. The third-order valence-electron chi connectivity index (χ3n) is 4.67. The van der Waals surface area contributed by atoms with Crippen LogP contribution >= 0.6 is 12.2 Å². The van der Waals surface area contributed by atoms with Crippen LogP contribution in [0.4, 0.5) is 0 Å². The Morgan fingerprint density at radius 2 is 1.97 bits per heavy atom. The fraction of sp³-hybridized carbons (Fsp3) is 0.273. The van der Waals surface area contributed by atoms with Crippen molar-refractivity contribution in [1.82, 2.24) is 10.6 Å². The number of thiocarbonyl (C=S) groups is 1. The first-order chi connectivity index (χ1) is 14.4. The Labute approximate surface area is 179 Å². The zero-order valence-electron chi connectivity index (χ0n) is 16.7. The lowest BCUT2D eigenvalue weighted by atomic mass is 9.96. The number of ketones is 1. The molecule has 0 fully saturated rings. The van der Waals surface area contributed by atoms with Gasteiger partial charge in [0.1, 0.15) is 18.4 Å². The molecular weight excluding hydrogens is 404 g/mol. The van der Waals surface area contributed by atoms with Crippen molar-refractivity contribution in [2.45, 2.75) is 26.0 Å². The van der Waals surface area contributed by atoms with Crippen LogP contribution in [0.15, 0.2) is 42.5 Å². The van der Waals surface area contributed by atoms with Gasteiger partial charge in [-0.15, -0.1) is 0 Å². The Morgan fingerprint density at radius 3 is 2.73 bits per heavy atom. The second kappa shape index (κ2) is 9.49. The molecule has 30 heavy (non-hydrogen) atoms. The third-order valence-corrected chi connectivity index (χ3v) is 4.93. The Hall–Kier alpha value is -3.26. The molecule has 1 amide bonds. The largest absolute Gasteiger partial charge is 0.488 e. The molecule has 1 aliphatic rings. The average Bonchev–Trinajstić information content (AvgIpc) is 2.88. The lowest BCUT2D eigenvalue weighted by Gasteiger charge is -2.14. The van der Waals surface area contributed by atoms with Gasteiger partial charge in [0.15, 0.2) is 5.78 Å². The van der Waals surface area contributed by atoms with Gasteiger partial charge in [0.2, 0.25) is 5.91 Å². The minimum absolute atomic E-state index is 0.0924.